The lowest BCUT2D eigenvalue weighted by Crippen LogP contribution is -1.96. The number of aromatic nitrogens is 1. The second-order valence-electron chi connectivity index (χ2n) is 3.75. The van der Waals surface area contributed by atoms with E-state index in [0.717, 1.165) is 11.6 Å². The lowest BCUT2D eigenvalue weighted by Gasteiger charge is -2.11. The third kappa shape index (κ3) is 3.07. The summed E-state index contributed by atoms with van der Waals surface area (Å²) in [5.41, 5.74) is 0. The van der Waals surface area contributed by atoms with Crippen molar-refractivity contribution in [3.05, 3.63) is 36.5 Å². The van der Waals surface area contributed by atoms with Gasteiger partial charge in [-0.15, -0.1) is 0 Å². The van der Waals surface area contributed by atoms with Crippen molar-refractivity contribution in [1.29, 1.82) is 0 Å². The fraction of sp³-hybridized carbons (Fsp3) is 0.214. The molecule has 0 fully saturated rings. The van der Waals surface area contributed by atoms with Gasteiger partial charge in [0, 0.05) is 13.1 Å². The fourth-order valence-electron chi connectivity index (χ4n) is 1.57. The molecule has 0 spiro atoms. The minimum absolute atomic E-state index is 0.562. The minimum Gasteiger partial charge on any atom is -0.497 e. The molecule has 5 nitrogen and oxygen atoms in total. The van der Waals surface area contributed by atoms with E-state index in [0.29, 0.717) is 17.2 Å². The third-order valence-electron chi connectivity index (χ3n) is 2.59. The van der Waals surface area contributed by atoms with Gasteiger partial charge in [-0.05, 0) is 24.3 Å². The van der Waals surface area contributed by atoms with Gasteiger partial charge in [0.05, 0.1) is 20.4 Å². The van der Waals surface area contributed by atoms with Crippen molar-refractivity contribution in [3.63, 3.8) is 0 Å². The number of hydrogen-bond donors (Lipinski definition) is 1. The van der Waals surface area contributed by atoms with Gasteiger partial charge in [-0.1, -0.05) is 0 Å². The Labute approximate surface area is 112 Å². The van der Waals surface area contributed by atoms with Crippen molar-refractivity contribution in [2.24, 2.45) is 0 Å². The Bertz CT molecular complexity index is 541. The molecule has 0 atom stereocenters. The number of hydrogen-bond acceptors (Lipinski definition) is 5. The number of rotatable bonds is 5. The van der Waals surface area contributed by atoms with Crippen LogP contribution < -0.4 is 19.5 Å². The second kappa shape index (κ2) is 5.95. The van der Waals surface area contributed by atoms with Crippen molar-refractivity contribution in [2.75, 3.05) is 26.6 Å². The fourth-order valence-corrected chi connectivity index (χ4v) is 1.57. The number of ether oxygens (including phenoxy) is 3. The number of pyridine rings is 1. The molecule has 0 saturated heterocycles. The zero-order valence-corrected chi connectivity index (χ0v) is 11.1. The highest BCUT2D eigenvalue weighted by molar-refractivity contribution is 5.49. The first-order chi connectivity index (χ1) is 9.26. The summed E-state index contributed by atoms with van der Waals surface area (Å²) in [6.07, 6.45) is 1.62. The molecule has 100 valence electrons. The number of nitrogens with zero attached hydrogens (tertiary/aromatic N) is 1. The van der Waals surface area contributed by atoms with Gasteiger partial charge >= 0.3 is 0 Å². The number of methoxy groups -OCH3 is 2. The highest BCUT2D eigenvalue weighted by Gasteiger charge is 2.07. The van der Waals surface area contributed by atoms with Crippen LogP contribution in [0.4, 0.5) is 5.82 Å². The van der Waals surface area contributed by atoms with Crippen LogP contribution in [-0.4, -0.2) is 26.3 Å². The molecule has 0 aliphatic carbocycles. The van der Waals surface area contributed by atoms with Crippen molar-refractivity contribution in [2.45, 2.75) is 0 Å². The van der Waals surface area contributed by atoms with Gasteiger partial charge in [-0.2, -0.15) is 0 Å². The van der Waals surface area contributed by atoms with E-state index >= 15 is 0 Å². The smallest absolute Gasteiger partial charge is 0.187 e. The molecule has 5 heteroatoms. The molecule has 0 radical (unpaired) electrons. The van der Waals surface area contributed by atoms with E-state index in [-0.39, 0.29) is 0 Å². The third-order valence-corrected chi connectivity index (χ3v) is 2.59. The summed E-state index contributed by atoms with van der Waals surface area (Å²) in [6, 6.07) is 9.09. The maximum atomic E-state index is 5.73. The molecule has 2 rings (SSSR count). The lowest BCUT2D eigenvalue weighted by molar-refractivity contribution is 0.377. The van der Waals surface area contributed by atoms with Crippen LogP contribution in [0.5, 0.6) is 23.0 Å². The summed E-state index contributed by atoms with van der Waals surface area (Å²) < 4.78 is 16.1. The molecule has 0 aliphatic rings. The van der Waals surface area contributed by atoms with Crippen molar-refractivity contribution < 1.29 is 14.2 Å². The molecule has 1 aromatic carbocycles. The van der Waals surface area contributed by atoms with Gasteiger partial charge in [0.2, 0.25) is 0 Å². The maximum absolute atomic E-state index is 5.73. The Kier molecular flexibility index (Phi) is 4.07. The van der Waals surface area contributed by atoms with Crippen LogP contribution in [-0.2, 0) is 0 Å². The first kappa shape index (κ1) is 13.0. The summed E-state index contributed by atoms with van der Waals surface area (Å²) in [7, 11) is 5.01. The molecule has 0 unspecified atom stereocenters. The molecule has 0 aliphatic heterocycles. The predicted molar refractivity (Wildman–Crippen MR) is 73.4 cm³/mol. The Morgan fingerprint density at radius 1 is 0.947 bits per heavy atom. The van der Waals surface area contributed by atoms with Crippen LogP contribution in [0.25, 0.3) is 0 Å². The summed E-state index contributed by atoms with van der Waals surface area (Å²) in [6.45, 7) is 0. The van der Waals surface area contributed by atoms with E-state index in [9.17, 15) is 0 Å². The Morgan fingerprint density at radius 2 is 1.63 bits per heavy atom. The molecule has 0 bridgehead atoms. The topological polar surface area (TPSA) is 52.6 Å². The Hall–Kier alpha value is -2.43. The number of nitrogens with one attached hydrogen (secondary N) is 1. The van der Waals surface area contributed by atoms with E-state index in [1.165, 1.54) is 0 Å². The standard InChI is InChI=1S/C14H16N2O3/c1-15-14-8-12(18-3)13(9-16-14)19-11-6-4-10(17-2)5-7-11/h4-9H,1-3H3,(H,15,16). The number of benzene rings is 1. The highest BCUT2D eigenvalue weighted by atomic mass is 16.5. The molecule has 0 saturated carbocycles. The highest BCUT2D eigenvalue weighted by Crippen LogP contribution is 2.32. The molecule has 1 heterocycles. The maximum Gasteiger partial charge on any atom is 0.187 e. The molecule has 1 N–H and O–H groups in total. The van der Waals surface area contributed by atoms with Gasteiger partial charge in [0.1, 0.15) is 17.3 Å². The first-order valence-corrected chi connectivity index (χ1v) is 5.80. The quantitative estimate of drug-likeness (QED) is 0.895. The van der Waals surface area contributed by atoms with Crippen LogP contribution in [0.3, 0.4) is 0 Å². The van der Waals surface area contributed by atoms with Crippen LogP contribution in [0, 0.1) is 0 Å². The Morgan fingerprint density at radius 3 is 2.21 bits per heavy atom. The minimum atomic E-state index is 0.562. The summed E-state index contributed by atoms with van der Waals surface area (Å²) in [4.78, 5) is 4.19. The zero-order chi connectivity index (χ0) is 13.7. The largest absolute Gasteiger partial charge is 0.497 e. The first-order valence-electron chi connectivity index (χ1n) is 5.80. The van der Waals surface area contributed by atoms with Gasteiger partial charge in [0.25, 0.3) is 0 Å². The monoisotopic (exact) mass is 260 g/mol. The molecule has 2 aromatic rings. The van der Waals surface area contributed by atoms with E-state index in [1.807, 2.05) is 24.3 Å². The van der Waals surface area contributed by atoms with Crippen LogP contribution in [0.15, 0.2) is 36.5 Å². The average Bonchev–Trinajstić information content (AvgIpc) is 2.48. The predicted octanol–water partition coefficient (Wildman–Crippen LogP) is 2.93. The molecular weight excluding hydrogens is 244 g/mol. The lowest BCUT2D eigenvalue weighted by atomic mass is 10.3. The van der Waals surface area contributed by atoms with Crippen LogP contribution >= 0.6 is 0 Å². The normalized spacial score (nSPS) is 9.84. The van der Waals surface area contributed by atoms with Crippen molar-refractivity contribution in [3.8, 4) is 23.0 Å². The van der Waals surface area contributed by atoms with E-state index in [4.69, 9.17) is 14.2 Å². The van der Waals surface area contributed by atoms with Crippen LogP contribution in [0.1, 0.15) is 0 Å². The van der Waals surface area contributed by atoms with Gasteiger partial charge < -0.3 is 19.5 Å². The summed E-state index contributed by atoms with van der Waals surface area (Å²) >= 11 is 0. The second-order valence-corrected chi connectivity index (χ2v) is 3.75. The molecular formula is C14H16N2O3. The number of anilines is 1. The van der Waals surface area contributed by atoms with Crippen molar-refractivity contribution in [1.82, 2.24) is 4.98 Å². The van der Waals surface area contributed by atoms with E-state index in [2.05, 4.69) is 10.3 Å². The molecule has 0 amide bonds. The van der Waals surface area contributed by atoms with E-state index < -0.39 is 0 Å². The summed E-state index contributed by atoms with van der Waals surface area (Å²) in [5, 5.41) is 2.94. The average molecular weight is 260 g/mol. The van der Waals surface area contributed by atoms with E-state index in [1.54, 1.807) is 33.5 Å². The van der Waals surface area contributed by atoms with Crippen LogP contribution in [0.2, 0.25) is 0 Å². The van der Waals surface area contributed by atoms with Gasteiger partial charge in [0.15, 0.2) is 11.5 Å². The molecule has 19 heavy (non-hydrogen) atoms. The zero-order valence-electron chi connectivity index (χ0n) is 11.1. The van der Waals surface area contributed by atoms with Gasteiger partial charge in [-0.25, -0.2) is 4.98 Å². The van der Waals surface area contributed by atoms with Gasteiger partial charge in [-0.3, -0.25) is 0 Å². The summed E-state index contributed by atoms with van der Waals surface area (Å²) in [5.74, 6) is 3.38. The molecule has 1 aromatic heterocycles. The SMILES string of the molecule is CNc1cc(OC)c(Oc2ccc(OC)cc2)cn1. The van der Waals surface area contributed by atoms with Crippen molar-refractivity contribution >= 4 is 5.82 Å². The Balaban J connectivity index is 2.21.